The lowest BCUT2D eigenvalue weighted by Crippen LogP contribution is -2.51. The number of nitrogens with one attached hydrogen (secondary N) is 2. The molecule has 0 amide bonds. The molecule has 0 saturated heterocycles. The Morgan fingerprint density at radius 2 is 0.683 bits per heavy atom. The quantitative estimate of drug-likeness (QED) is 0.118. The second-order valence-electron chi connectivity index (χ2n) is 23.5. The smallest absolute Gasteiger partial charge is 0.0619 e. The van der Waals surface area contributed by atoms with Crippen LogP contribution >= 0.6 is 37.9 Å². The highest BCUT2D eigenvalue weighted by molar-refractivity contribution is 7.82. The summed E-state index contributed by atoms with van der Waals surface area (Å²) >= 11 is 13.7. The van der Waals surface area contributed by atoms with E-state index >= 15 is 0 Å². The predicted molar refractivity (Wildman–Crippen MR) is 286 cm³/mol. The summed E-state index contributed by atoms with van der Waals surface area (Å²) in [5.41, 5.74) is 0.391. The molecule has 4 fully saturated rings. The fourth-order valence-electron chi connectivity index (χ4n) is 10.8. The zero-order chi connectivity index (χ0) is 49.1. The maximum atomic E-state index is 5.62. The molecule has 0 bridgehead atoms. The number of thiol groups is 3. The second kappa shape index (κ2) is 29.7. The molecular weight excluding hydrogens is 841 g/mol. The Kier molecular flexibility index (Phi) is 30.1. The number of rotatable bonds is 13. The molecule has 63 heavy (non-hydrogen) atoms. The largest absolute Gasteiger partial charge is 0.382 e. The van der Waals surface area contributed by atoms with E-state index in [1.54, 1.807) is 7.11 Å². The molecule has 7 nitrogen and oxygen atoms in total. The lowest BCUT2D eigenvalue weighted by molar-refractivity contribution is -0.0239. The second-order valence-corrected chi connectivity index (χ2v) is 27.0. The van der Waals surface area contributed by atoms with Crippen molar-refractivity contribution in [3.8, 4) is 0 Å². The Morgan fingerprint density at radius 1 is 0.444 bits per heavy atom. The molecule has 13 unspecified atom stereocenters. The maximum absolute atomic E-state index is 5.62. The highest BCUT2D eigenvalue weighted by atomic mass is 32.1. The van der Waals surface area contributed by atoms with Crippen LogP contribution in [0.25, 0.3) is 0 Å². The first-order chi connectivity index (χ1) is 28.9. The van der Waals surface area contributed by atoms with Crippen molar-refractivity contribution in [3.63, 3.8) is 0 Å². The van der Waals surface area contributed by atoms with Crippen LogP contribution in [0.3, 0.4) is 0 Å². The summed E-state index contributed by atoms with van der Waals surface area (Å²) in [5, 5.41) is 6.82. The maximum Gasteiger partial charge on any atom is 0.0619 e. The number of hydrogen-bond donors (Lipinski definition) is 5. The SMILES string of the molecule is CNC(C)(C)C1CCC(C)CC1OC.CNC(C)(C)C1CCC(C)CC1OC.COC(C)CC(C)(C)S.COC1CC(C)CCC1C(C)(C)S.COC1CC(C)CCC1C(C)(C)S. The van der Waals surface area contributed by atoms with Gasteiger partial charge in [0.15, 0.2) is 0 Å². The van der Waals surface area contributed by atoms with Crippen molar-refractivity contribution >= 4 is 37.9 Å². The number of methoxy groups -OCH3 is 5. The minimum atomic E-state index is 0.0927. The number of ether oxygens (including phenoxy) is 5. The van der Waals surface area contributed by atoms with Gasteiger partial charge in [0.2, 0.25) is 0 Å². The highest BCUT2D eigenvalue weighted by Crippen LogP contribution is 2.42. The zero-order valence-corrected chi connectivity index (χ0v) is 48.3. The third-order valence-electron chi connectivity index (χ3n) is 15.6. The Hall–Kier alpha value is 0.770. The lowest BCUT2D eigenvalue weighted by Gasteiger charge is -2.43. The molecule has 2 N–H and O–H groups in total. The van der Waals surface area contributed by atoms with Crippen molar-refractivity contribution in [2.45, 2.75) is 243 Å². The van der Waals surface area contributed by atoms with E-state index in [2.05, 4.69) is 152 Å². The van der Waals surface area contributed by atoms with Crippen LogP contribution in [-0.2, 0) is 23.7 Å². The summed E-state index contributed by atoms with van der Waals surface area (Å²) in [4.78, 5) is 0. The molecule has 0 heterocycles. The van der Waals surface area contributed by atoms with Gasteiger partial charge in [0, 0.05) is 72.7 Å². The third kappa shape index (κ3) is 24.3. The Labute approximate surface area is 410 Å². The van der Waals surface area contributed by atoms with Crippen LogP contribution in [0.15, 0.2) is 0 Å². The van der Waals surface area contributed by atoms with E-state index < -0.39 is 0 Å². The summed E-state index contributed by atoms with van der Waals surface area (Å²) < 4.78 is 27.7. The average molecular weight is 952 g/mol. The van der Waals surface area contributed by atoms with Crippen molar-refractivity contribution < 1.29 is 23.7 Å². The molecule has 0 aromatic rings. The van der Waals surface area contributed by atoms with Crippen molar-refractivity contribution in [1.82, 2.24) is 10.6 Å². The summed E-state index contributed by atoms with van der Waals surface area (Å²) in [6.07, 6.45) is 18.3. The zero-order valence-electron chi connectivity index (χ0n) is 45.6. The predicted octanol–water partition coefficient (Wildman–Crippen LogP) is 13.3. The first kappa shape index (κ1) is 63.8. The van der Waals surface area contributed by atoms with Crippen LogP contribution in [0.1, 0.15) is 187 Å². The summed E-state index contributed by atoms with van der Waals surface area (Å²) in [6, 6.07) is 0. The molecule has 10 heteroatoms. The standard InChI is InChI=1S/2C12H25NO.2C11H22OS.C7H16OS/c2*1-9-6-7-10(11(8-9)14-5)12(2,3)13-4;2*1-8-5-6-9(11(2,3)13)10(7-8)12-4;1-6(8-4)5-7(2,3)9/h2*9-11,13H,6-8H2,1-5H3;2*8-10,13H,5-7H2,1-4H3;6,9H,5H2,1-4H3. The van der Waals surface area contributed by atoms with Gasteiger partial charge in [-0.15, -0.1) is 0 Å². The molecule has 0 radical (unpaired) electrons. The van der Waals surface area contributed by atoms with Crippen LogP contribution in [-0.4, -0.2) is 105 Å². The van der Waals surface area contributed by atoms with E-state index in [1.807, 2.05) is 42.5 Å². The van der Waals surface area contributed by atoms with E-state index in [-0.39, 0.29) is 25.3 Å². The van der Waals surface area contributed by atoms with Gasteiger partial charge in [0.25, 0.3) is 0 Å². The lowest BCUT2D eigenvalue weighted by atomic mass is 9.72. The van der Waals surface area contributed by atoms with Gasteiger partial charge in [0.1, 0.15) is 0 Å². The number of hydrogen-bond acceptors (Lipinski definition) is 10. The van der Waals surface area contributed by atoms with E-state index in [0.29, 0.717) is 54.2 Å². The molecule has 4 aliphatic rings. The Bertz CT molecular complexity index is 1090. The van der Waals surface area contributed by atoms with Gasteiger partial charge < -0.3 is 34.3 Å². The van der Waals surface area contributed by atoms with Gasteiger partial charge in [-0.05, 0) is 142 Å². The first-order valence-electron chi connectivity index (χ1n) is 25.1. The molecule has 13 atom stereocenters. The fourth-order valence-corrected chi connectivity index (χ4v) is 11.6. The highest BCUT2D eigenvalue weighted by Gasteiger charge is 2.40. The van der Waals surface area contributed by atoms with Gasteiger partial charge in [-0.2, -0.15) is 37.9 Å². The molecule has 0 aromatic heterocycles. The fraction of sp³-hybridized carbons (Fsp3) is 1.00. The Balaban J connectivity index is 0.000000769. The van der Waals surface area contributed by atoms with Gasteiger partial charge in [-0.1, -0.05) is 94.9 Å². The molecule has 4 rings (SSSR count). The molecule has 0 aromatic carbocycles. The van der Waals surface area contributed by atoms with Crippen LogP contribution in [0.5, 0.6) is 0 Å². The van der Waals surface area contributed by atoms with Crippen LogP contribution in [0.2, 0.25) is 0 Å². The average Bonchev–Trinajstić information content (AvgIpc) is 3.19. The summed E-state index contributed by atoms with van der Waals surface area (Å²) in [6.45, 7) is 33.4. The molecule has 0 aliphatic heterocycles. The first-order valence-corrected chi connectivity index (χ1v) is 26.4. The normalized spacial score (nSPS) is 32.5. The van der Waals surface area contributed by atoms with E-state index in [4.69, 9.17) is 23.7 Å². The minimum Gasteiger partial charge on any atom is -0.382 e. The molecule has 380 valence electrons. The van der Waals surface area contributed by atoms with Crippen molar-refractivity contribution in [1.29, 1.82) is 0 Å². The van der Waals surface area contributed by atoms with Crippen LogP contribution < -0.4 is 10.6 Å². The van der Waals surface area contributed by atoms with Gasteiger partial charge in [0.05, 0.1) is 30.5 Å². The van der Waals surface area contributed by atoms with E-state index in [9.17, 15) is 0 Å². The van der Waals surface area contributed by atoms with Crippen molar-refractivity contribution in [2.24, 2.45) is 47.3 Å². The minimum absolute atomic E-state index is 0.0927. The molecular formula is C53H110N2O5S3. The van der Waals surface area contributed by atoms with Crippen LogP contribution in [0.4, 0.5) is 0 Å². The summed E-state index contributed by atoms with van der Waals surface area (Å²) in [5.74, 6) is 5.79. The van der Waals surface area contributed by atoms with E-state index in [1.165, 1.54) is 77.0 Å². The Morgan fingerprint density at radius 3 is 0.857 bits per heavy atom. The molecule has 0 spiro atoms. The van der Waals surface area contributed by atoms with E-state index in [0.717, 1.165) is 30.1 Å². The van der Waals surface area contributed by atoms with Gasteiger partial charge in [-0.25, -0.2) is 0 Å². The van der Waals surface area contributed by atoms with Crippen molar-refractivity contribution in [2.75, 3.05) is 49.6 Å². The summed E-state index contributed by atoms with van der Waals surface area (Å²) in [7, 11) is 13.2. The van der Waals surface area contributed by atoms with Crippen LogP contribution in [0, 0.1) is 47.3 Å². The van der Waals surface area contributed by atoms with Gasteiger partial charge in [-0.3, -0.25) is 0 Å². The topological polar surface area (TPSA) is 70.2 Å². The molecule has 4 aliphatic carbocycles. The molecule has 4 saturated carbocycles. The van der Waals surface area contributed by atoms with Crippen molar-refractivity contribution in [3.05, 3.63) is 0 Å². The monoisotopic (exact) mass is 951 g/mol. The van der Waals surface area contributed by atoms with Gasteiger partial charge >= 0.3 is 0 Å². The third-order valence-corrected chi connectivity index (χ3v) is 16.4.